The second kappa shape index (κ2) is 3.48. The predicted octanol–water partition coefficient (Wildman–Crippen LogP) is 0.809. The minimum atomic E-state index is -3.59. The standard InChI is InChI=1S/C10H11NO4S/c1-6-10(12)11-9-7(15-2)4-3-5-8(9)16(6,13)14/h3-6H,1-2H3,(H,11,12). The molecule has 1 N–H and O–H groups in total. The fraction of sp³-hybridized carbons (Fsp3) is 0.300. The molecular weight excluding hydrogens is 230 g/mol. The van der Waals surface area contributed by atoms with Crippen molar-refractivity contribution in [1.82, 2.24) is 0 Å². The van der Waals surface area contributed by atoms with Gasteiger partial charge in [-0.2, -0.15) is 0 Å². The van der Waals surface area contributed by atoms with Crippen LogP contribution < -0.4 is 10.1 Å². The van der Waals surface area contributed by atoms with Crippen molar-refractivity contribution >= 4 is 21.4 Å². The Balaban J connectivity index is 2.74. The number of rotatable bonds is 1. The molecule has 0 aromatic heterocycles. The second-order valence-corrected chi connectivity index (χ2v) is 5.75. The number of carbonyl (C=O) groups is 1. The van der Waals surface area contributed by atoms with Crippen molar-refractivity contribution in [1.29, 1.82) is 0 Å². The van der Waals surface area contributed by atoms with Gasteiger partial charge in [0.1, 0.15) is 16.7 Å². The highest BCUT2D eigenvalue weighted by Crippen LogP contribution is 2.36. The van der Waals surface area contributed by atoms with Gasteiger partial charge in [-0.05, 0) is 19.1 Å². The van der Waals surface area contributed by atoms with E-state index in [0.717, 1.165) is 0 Å². The molecule has 1 heterocycles. The largest absolute Gasteiger partial charge is 0.495 e. The third kappa shape index (κ3) is 1.37. The Hall–Kier alpha value is -1.56. The first-order valence-electron chi connectivity index (χ1n) is 4.70. The van der Waals surface area contributed by atoms with Gasteiger partial charge >= 0.3 is 0 Å². The average Bonchev–Trinajstić information content (AvgIpc) is 2.26. The normalized spacial score (nSPS) is 22.1. The highest BCUT2D eigenvalue weighted by molar-refractivity contribution is 7.93. The van der Waals surface area contributed by atoms with Gasteiger partial charge in [-0.1, -0.05) is 6.07 Å². The lowest BCUT2D eigenvalue weighted by Gasteiger charge is -2.23. The third-order valence-corrected chi connectivity index (χ3v) is 4.70. The first-order chi connectivity index (χ1) is 7.48. The molecule has 6 heteroatoms. The van der Waals surface area contributed by atoms with Crippen molar-refractivity contribution in [3.63, 3.8) is 0 Å². The molecule has 0 saturated carbocycles. The van der Waals surface area contributed by atoms with Crippen LogP contribution in [0.2, 0.25) is 0 Å². The van der Waals surface area contributed by atoms with E-state index in [1.165, 1.54) is 20.1 Å². The van der Waals surface area contributed by atoms with E-state index in [1.54, 1.807) is 12.1 Å². The molecule has 1 aromatic carbocycles. The number of fused-ring (bicyclic) bond motifs is 1. The Labute approximate surface area is 93.3 Å². The Morgan fingerprint density at radius 2 is 2.06 bits per heavy atom. The Kier molecular flexibility index (Phi) is 2.38. The van der Waals surface area contributed by atoms with E-state index in [2.05, 4.69) is 5.32 Å². The van der Waals surface area contributed by atoms with Gasteiger partial charge in [0, 0.05) is 0 Å². The van der Waals surface area contributed by atoms with Gasteiger partial charge in [-0.15, -0.1) is 0 Å². The van der Waals surface area contributed by atoms with Crippen molar-refractivity contribution in [3.8, 4) is 5.75 Å². The summed E-state index contributed by atoms with van der Waals surface area (Å²) in [6.07, 6.45) is 0. The molecule has 0 aliphatic carbocycles. The van der Waals surface area contributed by atoms with E-state index >= 15 is 0 Å². The van der Waals surface area contributed by atoms with Gasteiger partial charge < -0.3 is 10.1 Å². The molecule has 0 radical (unpaired) electrons. The van der Waals surface area contributed by atoms with Gasteiger partial charge in [0.15, 0.2) is 9.84 Å². The summed E-state index contributed by atoms with van der Waals surface area (Å²) in [5.41, 5.74) is 0.230. The fourth-order valence-corrected chi connectivity index (χ4v) is 3.02. The molecule has 1 atom stereocenters. The van der Waals surface area contributed by atoms with Crippen molar-refractivity contribution in [2.45, 2.75) is 17.1 Å². The van der Waals surface area contributed by atoms with Crippen molar-refractivity contribution in [2.24, 2.45) is 0 Å². The quantitative estimate of drug-likeness (QED) is 0.789. The van der Waals surface area contributed by atoms with E-state index in [0.29, 0.717) is 5.75 Å². The third-order valence-electron chi connectivity index (χ3n) is 2.60. The molecule has 1 aromatic rings. The van der Waals surface area contributed by atoms with E-state index in [1.807, 2.05) is 0 Å². The SMILES string of the molecule is COc1cccc2c1NC(=O)C(C)S2(=O)=O. The van der Waals surface area contributed by atoms with Crippen LogP contribution in [0.3, 0.4) is 0 Å². The number of methoxy groups -OCH3 is 1. The zero-order valence-electron chi connectivity index (χ0n) is 8.85. The van der Waals surface area contributed by atoms with E-state index in [4.69, 9.17) is 4.74 Å². The molecule has 0 bridgehead atoms. The molecule has 2 rings (SSSR count). The van der Waals surface area contributed by atoms with Gasteiger partial charge in [0.2, 0.25) is 5.91 Å². The number of sulfone groups is 1. The molecule has 86 valence electrons. The van der Waals surface area contributed by atoms with Gasteiger partial charge in [-0.3, -0.25) is 4.79 Å². The highest BCUT2D eigenvalue weighted by atomic mass is 32.2. The Morgan fingerprint density at radius 3 is 2.69 bits per heavy atom. The number of hydrogen-bond acceptors (Lipinski definition) is 4. The zero-order chi connectivity index (χ0) is 11.9. The maximum Gasteiger partial charge on any atom is 0.242 e. The zero-order valence-corrected chi connectivity index (χ0v) is 9.67. The molecule has 1 aliphatic heterocycles. The summed E-state index contributed by atoms with van der Waals surface area (Å²) in [6, 6.07) is 4.65. The Morgan fingerprint density at radius 1 is 1.38 bits per heavy atom. The van der Waals surface area contributed by atoms with Crippen LogP contribution in [0, 0.1) is 0 Å². The highest BCUT2D eigenvalue weighted by Gasteiger charge is 2.38. The summed E-state index contributed by atoms with van der Waals surface area (Å²) in [5, 5.41) is 1.48. The summed E-state index contributed by atoms with van der Waals surface area (Å²) in [7, 11) is -2.17. The monoisotopic (exact) mass is 241 g/mol. The summed E-state index contributed by atoms with van der Waals surface area (Å²) < 4.78 is 28.9. The lowest BCUT2D eigenvalue weighted by molar-refractivity contribution is -0.115. The lowest BCUT2D eigenvalue weighted by atomic mass is 10.2. The molecule has 1 aliphatic rings. The predicted molar refractivity (Wildman–Crippen MR) is 58.3 cm³/mol. The molecule has 5 nitrogen and oxygen atoms in total. The van der Waals surface area contributed by atoms with Gasteiger partial charge in [0.05, 0.1) is 12.0 Å². The van der Waals surface area contributed by atoms with Crippen LogP contribution in [-0.4, -0.2) is 26.7 Å². The fourth-order valence-electron chi connectivity index (χ4n) is 1.60. The first-order valence-corrected chi connectivity index (χ1v) is 6.25. The molecule has 1 unspecified atom stereocenters. The summed E-state index contributed by atoms with van der Waals surface area (Å²) >= 11 is 0. The van der Waals surface area contributed by atoms with Crippen LogP contribution in [-0.2, 0) is 14.6 Å². The van der Waals surface area contributed by atoms with E-state index in [9.17, 15) is 13.2 Å². The summed E-state index contributed by atoms with van der Waals surface area (Å²) in [6.45, 7) is 1.37. The van der Waals surface area contributed by atoms with Gasteiger partial charge in [0.25, 0.3) is 0 Å². The molecule has 1 amide bonds. The number of amides is 1. The average molecular weight is 241 g/mol. The van der Waals surface area contributed by atoms with Crippen molar-refractivity contribution in [3.05, 3.63) is 18.2 Å². The summed E-state index contributed by atoms with van der Waals surface area (Å²) in [4.78, 5) is 11.6. The minimum absolute atomic E-state index is 0.110. The molecule has 16 heavy (non-hydrogen) atoms. The van der Waals surface area contributed by atoms with Crippen molar-refractivity contribution < 1.29 is 17.9 Å². The maximum absolute atomic E-state index is 12.0. The Bertz CT molecular complexity index is 550. The smallest absolute Gasteiger partial charge is 0.242 e. The topological polar surface area (TPSA) is 72.5 Å². The minimum Gasteiger partial charge on any atom is -0.495 e. The molecule has 0 fully saturated rings. The van der Waals surface area contributed by atoms with Crippen LogP contribution in [0.25, 0.3) is 0 Å². The summed E-state index contributed by atoms with van der Waals surface area (Å²) in [5.74, 6) is -0.182. The lowest BCUT2D eigenvalue weighted by Crippen LogP contribution is -2.37. The second-order valence-electron chi connectivity index (χ2n) is 3.51. The molecular formula is C10H11NO4S. The van der Waals surface area contributed by atoms with Crippen LogP contribution in [0.1, 0.15) is 6.92 Å². The number of nitrogens with one attached hydrogen (secondary N) is 1. The molecule has 0 saturated heterocycles. The number of anilines is 1. The van der Waals surface area contributed by atoms with Crippen LogP contribution in [0.15, 0.2) is 23.1 Å². The number of benzene rings is 1. The van der Waals surface area contributed by atoms with Gasteiger partial charge in [-0.25, -0.2) is 8.42 Å². The van der Waals surface area contributed by atoms with Crippen LogP contribution >= 0.6 is 0 Å². The van der Waals surface area contributed by atoms with E-state index < -0.39 is 21.0 Å². The number of carbonyl (C=O) groups excluding carboxylic acids is 1. The van der Waals surface area contributed by atoms with Crippen LogP contribution in [0.4, 0.5) is 5.69 Å². The number of hydrogen-bond donors (Lipinski definition) is 1. The maximum atomic E-state index is 12.0. The van der Waals surface area contributed by atoms with E-state index in [-0.39, 0.29) is 10.6 Å². The van der Waals surface area contributed by atoms with Crippen LogP contribution in [0.5, 0.6) is 5.75 Å². The number of ether oxygens (including phenoxy) is 1. The van der Waals surface area contributed by atoms with Crippen molar-refractivity contribution in [2.75, 3.05) is 12.4 Å². The molecule has 0 spiro atoms. The first kappa shape index (κ1) is 10.9. The number of para-hydroxylation sites is 1.